The van der Waals surface area contributed by atoms with Crippen LogP contribution in [-0.2, 0) is 4.79 Å². The van der Waals surface area contributed by atoms with E-state index in [4.69, 9.17) is 11.5 Å². The minimum atomic E-state index is 0.398. The molecule has 0 amide bonds. The average Bonchev–Trinajstić information content (AvgIpc) is 1.82. The lowest BCUT2D eigenvalue weighted by molar-refractivity contribution is -0.104. The van der Waals surface area contributed by atoms with Crippen LogP contribution in [0.3, 0.4) is 0 Å². The van der Waals surface area contributed by atoms with Crippen LogP contribution in [0.5, 0.6) is 0 Å². The molecule has 0 aromatic rings. The number of hydrogen-bond acceptors (Lipinski definition) is 3. The molecule has 0 rings (SSSR count). The van der Waals surface area contributed by atoms with Gasteiger partial charge in [-0.3, -0.25) is 4.79 Å². The van der Waals surface area contributed by atoms with Crippen molar-refractivity contribution in [2.75, 3.05) is 0 Å². The lowest BCUT2D eigenvalue weighted by Crippen LogP contribution is -1.94. The lowest BCUT2D eigenvalue weighted by Gasteiger charge is -1.88. The fourth-order valence-corrected chi connectivity index (χ4v) is 0.384. The highest BCUT2D eigenvalue weighted by atomic mass is 16.1. The zero-order chi connectivity index (χ0) is 7.28. The van der Waals surface area contributed by atoms with E-state index in [1.807, 2.05) is 0 Å². The second-order valence-electron chi connectivity index (χ2n) is 1.67. The Kier molecular flexibility index (Phi) is 3.20. The first-order chi connectivity index (χ1) is 4.20. The number of allylic oxidation sites excluding steroid dienone is 3. The SMILES string of the molecule is C/C(N)=C/C(C=O)=C\N. The van der Waals surface area contributed by atoms with E-state index in [1.165, 1.54) is 12.3 Å². The third kappa shape index (κ3) is 3.34. The van der Waals surface area contributed by atoms with Crippen LogP contribution >= 0.6 is 0 Å². The molecule has 0 saturated heterocycles. The van der Waals surface area contributed by atoms with Crippen LogP contribution in [0.1, 0.15) is 6.92 Å². The van der Waals surface area contributed by atoms with Crippen LogP contribution in [0.25, 0.3) is 0 Å². The molecule has 50 valence electrons. The van der Waals surface area contributed by atoms with Gasteiger partial charge in [-0.25, -0.2) is 0 Å². The van der Waals surface area contributed by atoms with Gasteiger partial charge in [0.25, 0.3) is 0 Å². The summed E-state index contributed by atoms with van der Waals surface area (Å²) in [6.07, 6.45) is 3.37. The summed E-state index contributed by atoms with van der Waals surface area (Å²) >= 11 is 0. The van der Waals surface area contributed by atoms with Crippen molar-refractivity contribution in [2.45, 2.75) is 6.92 Å². The normalized spacial score (nSPS) is 13.4. The van der Waals surface area contributed by atoms with E-state index < -0.39 is 0 Å². The molecule has 0 atom stereocenters. The molecule has 0 aromatic carbocycles. The highest BCUT2D eigenvalue weighted by Gasteiger charge is 1.85. The smallest absolute Gasteiger partial charge is 0.151 e. The monoisotopic (exact) mass is 126 g/mol. The van der Waals surface area contributed by atoms with E-state index in [2.05, 4.69) is 0 Å². The fraction of sp³-hybridized carbons (Fsp3) is 0.167. The molecule has 0 fully saturated rings. The van der Waals surface area contributed by atoms with Crippen LogP contribution in [-0.4, -0.2) is 6.29 Å². The number of aldehydes is 1. The van der Waals surface area contributed by atoms with Gasteiger partial charge < -0.3 is 11.5 Å². The van der Waals surface area contributed by atoms with Gasteiger partial charge in [0.05, 0.1) is 0 Å². The summed E-state index contributed by atoms with van der Waals surface area (Å²) in [4.78, 5) is 10.0. The Balaban J connectivity index is 4.18. The molecule has 0 bridgehead atoms. The highest BCUT2D eigenvalue weighted by molar-refractivity contribution is 5.77. The summed E-state index contributed by atoms with van der Waals surface area (Å²) in [6, 6.07) is 0. The van der Waals surface area contributed by atoms with Crippen molar-refractivity contribution in [1.29, 1.82) is 0 Å². The third-order valence-corrected chi connectivity index (χ3v) is 0.723. The van der Waals surface area contributed by atoms with E-state index in [0.717, 1.165) is 0 Å². The van der Waals surface area contributed by atoms with Crippen LogP contribution in [0.15, 0.2) is 23.5 Å². The second-order valence-corrected chi connectivity index (χ2v) is 1.67. The van der Waals surface area contributed by atoms with E-state index in [-0.39, 0.29) is 0 Å². The molecule has 0 aliphatic rings. The van der Waals surface area contributed by atoms with Gasteiger partial charge in [-0.2, -0.15) is 0 Å². The zero-order valence-corrected chi connectivity index (χ0v) is 5.29. The number of hydrogen-bond donors (Lipinski definition) is 2. The molecular weight excluding hydrogens is 116 g/mol. The number of carbonyl (C=O) groups is 1. The van der Waals surface area contributed by atoms with Crippen molar-refractivity contribution >= 4 is 6.29 Å². The van der Waals surface area contributed by atoms with Gasteiger partial charge in [0.1, 0.15) is 0 Å². The Morgan fingerprint density at radius 2 is 2.11 bits per heavy atom. The molecule has 3 nitrogen and oxygen atoms in total. The summed E-state index contributed by atoms with van der Waals surface area (Å²) in [5, 5.41) is 0. The Morgan fingerprint density at radius 3 is 2.22 bits per heavy atom. The van der Waals surface area contributed by atoms with Crippen molar-refractivity contribution in [3.05, 3.63) is 23.5 Å². The van der Waals surface area contributed by atoms with E-state index in [9.17, 15) is 4.79 Å². The Bertz CT molecular complexity index is 154. The zero-order valence-electron chi connectivity index (χ0n) is 5.29. The first-order valence-corrected chi connectivity index (χ1v) is 2.51. The molecule has 9 heavy (non-hydrogen) atoms. The van der Waals surface area contributed by atoms with Crippen LogP contribution in [0.4, 0.5) is 0 Å². The van der Waals surface area contributed by atoms with Gasteiger partial charge in [0.2, 0.25) is 0 Å². The largest absolute Gasteiger partial charge is 0.404 e. The van der Waals surface area contributed by atoms with Crippen LogP contribution in [0.2, 0.25) is 0 Å². The Hall–Kier alpha value is -1.25. The van der Waals surface area contributed by atoms with E-state index in [1.54, 1.807) is 6.92 Å². The first kappa shape index (κ1) is 7.75. The topological polar surface area (TPSA) is 69.1 Å². The Morgan fingerprint density at radius 1 is 1.56 bits per heavy atom. The molecule has 0 unspecified atom stereocenters. The molecule has 0 saturated carbocycles. The minimum absolute atomic E-state index is 0.398. The molecule has 4 N–H and O–H groups in total. The lowest BCUT2D eigenvalue weighted by atomic mass is 10.3. The number of carbonyl (C=O) groups excluding carboxylic acids is 1. The molecule has 0 aromatic heterocycles. The molecule has 0 spiro atoms. The maximum absolute atomic E-state index is 10.0. The van der Waals surface area contributed by atoms with Gasteiger partial charge in [0, 0.05) is 17.5 Å². The van der Waals surface area contributed by atoms with Gasteiger partial charge >= 0.3 is 0 Å². The standard InChI is InChI=1S/C6H10N2O/c1-5(8)2-6(3-7)4-9/h2-4H,7-8H2,1H3/b5-2-,6-3+. The molecule has 0 aliphatic heterocycles. The highest BCUT2D eigenvalue weighted by Crippen LogP contribution is 1.90. The van der Waals surface area contributed by atoms with Gasteiger partial charge in [-0.05, 0) is 13.0 Å². The van der Waals surface area contributed by atoms with E-state index in [0.29, 0.717) is 17.6 Å². The minimum Gasteiger partial charge on any atom is -0.404 e. The van der Waals surface area contributed by atoms with Gasteiger partial charge in [0.15, 0.2) is 6.29 Å². The molecule has 0 aliphatic carbocycles. The fourth-order valence-electron chi connectivity index (χ4n) is 0.384. The van der Waals surface area contributed by atoms with Crippen molar-refractivity contribution < 1.29 is 4.79 Å². The summed E-state index contributed by atoms with van der Waals surface area (Å²) in [5.41, 5.74) is 11.3. The third-order valence-electron chi connectivity index (χ3n) is 0.723. The molecule has 0 radical (unpaired) electrons. The maximum Gasteiger partial charge on any atom is 0.151 e. The van der Waals surface area contributed by atoms with Crippen molar-refractivity contribution in [3.8, 4) is 0 Å². The Labute approximate surface area is 54.0 Å². The molecular formula is C6H10N2O. The summed E-state index contributed by atoms with van der Waals surface area (Å²) in [5.74, 6) is 0. The molecule has 0 heterocycles. The predicted octanol–water partition coefficient (Wildman–Crippen LogP) is -0.110. The van der Waals surface area contributed by atoms with Crippen molar-refractivity contribution in [3.63, 3.8) is 0 Å². The first-order valence-electron chi connectivity index (χ1n) is 2.51. The maximum atomic E-state index is 10.0. The van der Waals surface area contributed by atoms with Gasteiger partial charge in [-0.15, -0.1) is 0 Å². The van der Waals surface area contributed by atoms with Crippen LogP contribution in [0, 0.1) is 0 Å². The quantitative estimate of drug-likeness (QED) is 0.308. The van der Waals surface area contributed by atoms with Gasteiger partial charge in [-0.1, -0.05) is 0 Å². The second kappa shape index (κ2) is 3.72. The predicted molar refractivity (Wildman–Crippen MR) is 36.3 cm³/mol. The summed E-state index contributed by atoms with van der Waals surface area (Å²) in [6.45, 7) is 1.69. The van der Waals surface area contributed by atoms with Crippen molar-refractivity contribution in [1.82, 2.24) is 0 Å². The van der Waals surface area contributed by atoms with E-state index >= 15 is 0 Å². The average molecular weight is 126 g/mol. The van der Waals surface area contributed by atoms with Crippen LogP contribution < -0.4 is 11.5 Å². The molecule has 3 heteroatoms. The number of nitrogens with two attached hydrogens (primary N) is 2. The summed E-state index contributed by atoms with van der Waals surface area (Å²) < 4.78 is 0. The summed E-state index contributed by atoms with van der Waals surface area (Å²) in [7, 11) is 0. The number of rotatable bonds is 2. The van der Waals surface area contributed by atoms with Crippen molar-refractivity contribution in [2.24, 2.45) is 11.5 Å².